The average molecular weight is 361 g/mol. The van der Waals surface area contributed by atoms with E-state index in [-0.39, 0.29) is 17.8 Å². The first-order chi connectivity index (χ1) is 12.6. The number of amides is 1. The zero-order valence-corrected chi connectivity index (χ0v) is 14.7. The Morgan fingerprint density at radius 3 is 3.19 bits per heavy atom. The van der Waals surface area contributed by atoms with Crippen molar-refractivity contribution in [2.24, 2.45) is 5.16 Å². The summed E-state index contributed by atoms with van der Waals surface area (Å²) >= 11 is 0. The van der Waals surface area contributed by atoms with Crippen LogP contribution in [0.3, 0.4) is 0 Å². The highest BCUT2D eigenvalue weighted by atomic mass is 19.1. The monoisotopic (exact) mass is 361 g/mol. The second-order valence-corrected chi connectivity index (χ2v) is 7.42. The Balaban J connectivity index is 1.27. The number of ether oxygens (including phenoxy) is 1. The standard InChI is InChI=1S/C19H24FN3O3/c20-15-4-1-3-14(9-15)12-23-7-6-19(13-23)10-17(22-26-19)18(24)21-11-16-5-2-8-25-16/h1,3-4,9,16H,2,5-8,10-13H2,(H,21,24). The highest BCUT2D eigenvalue weighted by molar-refractivity contribution is 6.39. The van der Waals surface area contributed by atoms with E-state index in [0.29, 0.717) is 31.8 Å². The molecule has 1 amide bonds. The van der Waals surface area contributed by atoms with Gasteiger partial charge in [-0.2, -0.15) is 0 Å². The fraction of sp³-hybridized carbons (Fsp3) is 0.579. The van der Waals surface area contributed by atoms with E-state index in [1.807, 2.05) is 6.07 Å². The number of benzene rings is 1. The lowest BCUT2D eigenvalue weighted by molar-refractivity contribution is -0.115. The Morgan fingerprint density at radius 2 is 2.38 bits per heavy atom. The van der Waals surface area contributed by atoms with Crippen molar-refractivity contribution in [2.75, 3.05) is 26.2 Å². The summed E-state index contributed by atoms with van der Waals surface area (Å²) in [4.78, 5) is 20.2. The molecule has 1 aromatic carbocycles. The van der Waals surface area contributed by atoms with Gasteiger partial charge in [0.25, 0.3) is 5.91 Å². The minimum Gasteiger partial charge on any atom is -0.387 e. The van der Waals surface area contributed by atoms with Gasteiger partial charge in [0, 0.05) is 45.6 Å². The van der Waals surface area contributed by atoms with Crippen LogP contribution in [0.2, 0.25) is 0 Å². The van der Waals surface area contributed by atoms with Crippen molar-refractivity contribution < 1.29 is 18.8 Å². The first-order valence-corrected chi connectivity index (χ1v) is 9.24. The fourth-order valence-corrected chi connectivity index (χ4v) is 3.93. The second-order valence-electron chi connectivity index (χ2n) is 7.42. The minimum atomic E-state index is -0.427. The molecule has 2 saturated heterocycles. The van der Waals surface area contributed by atoms with Gasteiger partial charge in [0.05, 0.1) is 6.10 Å². The number of carbonyl (C=O) groups is 1. The molecule has 2 fully saturated rings. The van der Waals surface area contributed by atoms with Gasteiger partial charge in [-0.25, -0.2) is 4.39 Å². The van der Waals surface area contributed by atoms with Crippen molar-refractivity contribution in [2.45, 2.75) is 43.9 Å². The Morgan fingerprint density at radius 1 is 1.46 bits per heavy atom. The number of hydrogen-bond acceptors (Lipinski definition) is 5. The van der Waals surface area contributed by atoms with E-state index in [1.54, 1.807) is 12.1 Å². The molecule has 0 radical (unpaired) electrons. The van der Waals surface area contributed by atoms with Gasteiger partial charge in [0.2, 0.25) is 0 Å². The van der Waals surface area contributed by atoms with Crippen molar-refractivity contribution in [1.29, 1.82) is 0 Å². The highest BCUT2D eigenvalue weighted by Gasteiger charge is 2.46. The van der Waals surface area contributed by atoms with E-state index in [0.717, 1.165) is 38.0 Å². The molecule has 2 unspecified atom stereocenters. The smallest absolute Gasteiger partial charge is 0.269 e. The van der Waals surface area contributed by atoms with Crippen molar-refractivity contribution >= 4 is 11.6 Å². The van der Waals surface area contributed by atoms with Gasteiger partial charge in [-0.1, -0.05) is 17.3 Å². The summed E-state index contributed by atoms with van der Waals surface area (Å²) in [5.74, 6) is -0.386. The van der Waals surface area contributed by atoms with Crippen LogP contribution in [0.25, 0.3) is 0 Å². The summed E-state index contributed by atoms with van der Waals surface area (Å²) < 4.78 is 18.9. The van der Waals surface area contributed by atoms with Crippen LogP contribution < -0.4 is 5.32 Å². The molecule has 2 atom stereocenters. The normalized spacial score (nSPS) is 28.3. The van der Waals surface area contributed by atoms with Crippen molar-refractivity contribution in [1.82, 2.24) is 10.2 Å². The van der Waals surface area contributed by atoms with Gasteiger partial charge in [0.1, 0.15) is 11.5 Å². The van der Waals surface area contributed by atoms with Crippen molar-refractivity contribution in [3.8, 4) is 0 Å². The Bertz CT molecular complexity index is 705. The summed E-state index contributed by atoms with van der Waals surface area (Å²) in [6, 6.07) is 6.65. The maximum atomic E-state index is 13.3. The maximum Gasteiger partial charge on any atom is 0.269 e. The van der Waals surface area contributed by atoms with Crippen LogP contribution in [-0.2, 0) is 20.9 Å². The quantitative estimate of drug-likeness (QED) is 0.869. The molecule has 1 N–H and O–H groups in total. The summed E-state index contributed by atoms with van der Waals surface area (Å²) in [5.41, 5.74) is 0.968. The molecule has 26 heavy (non-hydrogen) atoms. The molecule has 3 aliphatic rings. The predicted molar refractivity (Wildman–Crippen MR) is 94.1 cm³/mol. The molecule has 3 aliphatic heterocycles. The molecule has 0 saturated carbocycles. The third-order valence-corrected chi connectivity index (χ3v) is 5.31. The molecule has 4 rings (SSSR count). The van der Waals surface area contributed by atoms with E-state index < -0.39 is 5.60 Å². The molecule has 6 nitrogen and oxygen atoms in total. The summed E-state index contributed by atoms with van der Waals surface area (Å²) in [7, 11) is 0. The number of hydrogen-bond donors (Lipinski definition) is 1. The summed E-state index contributed by atoms with van der Waals surface area (Å²) in [6.07, 6.45) is 3.49. The molecule has 0 aliphatic carbocycles. The number of rotatable bonds is 5. The number of carbonyl (C=O) groups excluding carboxylic acids is 1. The highest BCUT2D eigenvalue weighted by Crippen LogP contribution is 2.34. The number of oxime groups is 1. The van der Waals surface area contributed by atoms with Crippen molar-refractivity contribution in [3.63, 3.8) is 0 Å². The zero-order valence-electron chi connectivity index (χ0n) is 14.7. The van der Waals surface area contributed by atoms with Gasteiger partial charge in [0.15, 0.2) is 5.60 Å². The maximum absolute atomic E-state index is 13.3. The van der Waals surface area contributed by atoms with E-state index in [4.69, 9.17) is 9.57 Å². The van der Waals surface area contributed by atoms with Gasteiger partial charge in [-0.15, -0.1) is 0 Å². The molecular formula is C19H24FN3O3. The van der Waals surface area contributed by atoms with Crippen LogP contribution >= 0.6 is 0 Å². The first kappa shape index (κ1) is 17.4. The van der Waals surface area contributed by atoms with Crippen LogP contribution in [0.1, 0.15) is 31.2 Å². The van der Waals surface area contributed by atoms with Gasteiger partial charge in [-0.3, -0.25) is 9.69 Å². The second kappa shape index (κ2) is 7.32. The first-order valence-electron chi connectivity index (χ1n) is 9.24. The number of nitrogens with zero attached hydrogens (tertiary/aromatic N) is 2. The van der Waals surface area contributed by atoms with Crippen LogP contribution in [0.5, 0.6) is 0 Å². The van der Waals surface area contributed by atoms with E-state index in [2.05, 4.69) is 15.4 Å². The lowest BCUT2D eigenvalue weighted by Crippen LogP contribution is -2.39. The Labute approximate surface area is 152 Å². The molecule has 140 valence electrons. The third kappa shape index (κ3) is 3.88. The number of nitrogens with one attached hydrogen (secondary N) is 1. The molecule has 0 aromatic heterocycles. The van der Waals surface area contributed by atoms with Gasteiger partial charge < -0.3 is 14.9 Å². The molecule has 1 aromatic rings. The lowest BCUT2D eigenvalue weighted by atomic mass is 9.96. The van der Waals surface area contributed by atoms with Crippen LogP contribution in [-0.4, -0.2) is 54.5 Å². The van der Waals surface area contributed by atoms with E-state index in [1.165, 1.54) is 6.07 Å². The molecule has 7 heteroatoms. The van der Waals surface area contributed by atoms with E-state index >= 15 is 0 Å². The van der Waals surface area contributed by atoms with E-state index in [9.17, 15) is 9.18 Å². The summed E-state index contributed by atoms with van der Waals surface area (Å²) in [6.45, 7) is 3.50. The third-order valence-electron chi connectivity index (χ3n) is 5.31. The largest absolute Gasteiger partial charge is 0.387 e. The predicted octanol–water partition coefficient (Wildman–Crippen LogP) is 1.84. The molecular weight excluding hydrogens is 337 g/mol. The zero-order chi connectivity index (χ0) is 18.0. The molecule has 3 heterocycles. The van der Waals surface area contributed by atoms with Crippen LogP contribution in [0, 0.1) is 5.82 Å². The molecule has 0 bridgehead atoms. The lowest BCUT2D eigenvalue weighted by Gasteiger charge is -2.21. The number of halogens is 1. The Hall–Kier alpha value is -1.99. The topological polar surface area (TPSA) is 63.2 Å². The van der Waals surface area contributed by atoms with Crippen LogP contribution in [0.4, 0.5) is 4.39 Å². The molecule has 1 spiro atoms. The fourth-order valence-electron chi connectivity index (χ4n) is 3.93. The SMILES string of the molecule is O=C(NCC1CCCO1)C1=NOC2(CCN(Cc3cccc(F)c3)C2)C1. The minimum absolute atomic E-state index is 0.115. The average Bonchev–Trinajstić information content (AvgIpc) is 3.36. The Kier molecular flexibility index (Phi) is 4.91. The van der Waals surface area contributed by atoms with Gasteiger partial charge >= 0.3 is 0 Å². The van der Waals surface area contributed by atoms with Crippen molar-refractivity contribution in [3.05, 3.63) is 35.6 Å². The summed E-state index contributed by atoms with van der Waals surface area (Å²) in [5, 5.41) is 6.95. The van der Waals surface area contributed by atoms with Crippen LogP contribution in [0.15, 0.2) is 29.4 Å². The number of likely N-dealkylation sites (tertiary alicyclic amines) is 1. The van der Waals surface area contributed by atoms with Gasteiger partial charge in [-0.05, 0) is 30.5 Å².